The zero-order valence-electron chi connectivity index (χ0n) is 8.01. The first kappa shape index (κ1) is 9.87. The van der Waals surface area contributed by atoms with E-state index in [9.17, 15) is 0 Å². The fourth-order valence-electron chi connectivity index (χ4n) is 1.73. The van der Waals surface area contributed by atoms with Gasteiger partial charge in [-0.3, -0.25) is 0 Å². The quantitative estimate of drug-likeness (QED) is 0.688. The first-order chi connectivity index (χ1) is 5.24. The summed E-state index contributed by atoms with van der Waals surface area (Å²) < 4.78 is 5.75. The Hall–Kier alpha value is 0.790. The van der Waals surface area contributed by atoms with Crippen molar-refractivity contribution in [1.29, 1.82) is 0 Å². The molecule has 11 heavy (non-hydrogen) atoms. The van der Waals surface area contributed by atoms with Crippen molar-refractivity contribution in [3.8, 4) is 0 Å². The zero-order valence-corrected chi connectivity index (χ0v) is 11.3. The van der Waals surface area contributed by atoms with Gasteiger partial charge in [0, 0.05) is 0 Å². The summed E-state index contributed by atoms with van der Waals surface area (Å²) >= 11 is -1.16. The van der Waals surface area contributed by atoms with Crippen molar-refractivity contribution < 1.29 is 0 Å². The molecular weight excluding hydrogens is 239 g/mol. The van der Waals surface area contributed by atoms with Gasteiger partial charge in [-0.05, 0) is 0 Å². The van der Waals surface area contributed by atoms with Crippen LogP contribution in [0.25, 0.3) is 0 Å². The molecule has 3 heteroatoms. The first-order valence-corrected chi connectivity index (χ1v) is 10.8. The molecular formula is C8H19InN2. The summed E-state index contributed by atoms with van der Waals surface area (Å²) in [6.45, 7) is 6.34. The third-order valence-corrected chi connectivity index (χ3v) is 12.4. The molecule has 1 aliphatic rings. The summed E-state index contributed by atoms with van der Waals surface area (Å²) in [6, 6.07) is 0. The molecule has 1 saturated heterocycles. The molecule has 0 atom stereocenters. The third kappa shape index (κ3) is 2.96. The van der Waals surface area contributed by atoms with E-state index in [1.54, 1.807) is 4.18 Å². The molecule has 0 aromatic rings. The van der Waals surface area contributed by atoms with Crippen molar-refractivity contribution in [3.05, 3.63) is 0 Å². The fourth-order valence-corrected chi connectivity index (χ4v) is 9.41. The van der Waals surface area contributed by atoms with Crippen molar-refractivity contribution in [2.75, 3.05) is 33.7 Å². The van der Waals surface area contributed by atoms with Gasteiger partial charge >= 0.3 is 78.5 Å². The Morgan fingerprint density at radius 1 is 1.18 bits per heavy atom. The normalized spacial score (nSPS) is 23.7. The van der Waals surface area contributed by atoms with Gasteiger partial charge in [0.2, 0.25) is 0 Å². The first-order valence-electron chi connectivity index (χ1n) is 4.62. The number of likely N-dealkylation sites (N-methyl/N-ethyl adjacent to an activating group) is 2. The molecule has 0 aliphatic carbocycles. The number of nitrogens with zero attached hydrogens (tertiary/aromatic N) is 2. The zero-order chi connectivity index (χ0) is 8.27. The third-order valence-electron chi connectivity index (χ3n) is 2.77. The van der Waals surface area contributed by atoms with Crippen LogP contribution in [0.4, 0.5) is 0 Å². The molecule has 1 heterocycles. The van der Waals surface area contributed by atoms with Crippen molar-refractivity contribution in [1.82, 2.24) is 7.79 Å². The van der Waals surface area contributed by atoms with Gasteiger partial charge in [-0.1, -0.05) is 0 Å². The summed E-state index contributed by atoms with van der Waals surface area (Å²) in [6.07, 6.45) is 0. The molecule has 0 aromatic heterocycles. The minimum atomic E-state index is -1.16. The maximum absolute atomic E-state index is 2.70. The maximum atomic E-state index is 2.70. The summed E-state index contributed by atoms with van der Waals surface area (Å²) in [7, 11) is 4.58. The number of rotatable bonds is 1. The standard InChI is InChI=1S/C6H14N2.C2H5.In/c1-4-8(3)6-5-7-2;1-2;/h1,4-6H2,2-3H3;1H2,2H3;/q-1;;+1. The Kier molecular flexibility index (Phi) is 4.24. The Morgan fingerprint density at radius 2 is 1.91 bits per heavy atom. The molecule has 2 nitrogen and oxygen atoms in total. The fraction of sp³-hybridized carbons (Fsp3) is 1.00. The summed E-state index contributed by atoms with van der Waals surface area (Å²) in [4.78, 5) is 2.48. The van der Waals surface area contributed by atoms with Gasteiger partial charge in [0.15, 0.2) is 0 Å². The van der Waals surface area contributed by atoms with E-state index < -0.39 is 21.7 Å². The van der Waals surface area contributed by atoms with E-state index in [0.717, 1.165) is 0 Å². The van der Waals surface area contributed by atoms with Crippen LogP contribution in [0.3, 0.4) is 0 Å². The molecule has 0 N–H and O–H groups in total. The van der Waals surface area contributed by atoms with Gasteiger partial charge in [0.25, 0.3) is 0 Å². The Bertz CT molecular complexity index is 119. The molecule has 0 bridgehead atoms. The van der Waals surface area contributed by atoms with Gasteiger partial charge in [-0.2, -0.15) is 0 Å². The summed E-state index contributed by atoms with van der Waals surface area (Å²) in [5.41, 5.74) is 0. The van der Waals surface area contributed by atoms with Gasteiger partial charge in [0.05, 0.1) is 0 Å². The number of hydrogen-bond donors (Lipinski definition) is 0. The van der Waals surface area contributed by atoms with E-state index >= 15 is 0 Å². The van der Waals surface area contributed by atoms with Crippen LogP contribution in [0.2, 0.25) is 8.35 Å². The van der Waals surface area contributed by atoms with Crippen LogP contribution >= 0.6 is 0 Å². The van der Waals surface area contributed by atoms with E-state index in [1.807, 2.05) is 0 Å². The monoisotopic (exact) mass is 258 g/mol. The molecule has 1 rings (SSSR count). The molecule has 1 aliphatic heterocycles. The van der Waals surface area contributed by atoms with Crippen LogP contribution in [-0.4, -0.2) is 63.2 Å². The van der Waals surface area contributed by atoms with Crippen LogP contribution in [0.1, 0.15) is 6.92 Å². The van der Waals surface area contributed by atoms with Crippen LogP contribution in [0, 0.1) is 0 Å². The second-order valence-corrected chi connectivity index (χ2v) is 13.9. The molecule has 0 unspecified atom stereocenters. The second kappa shape index (κ2) is 4.73. The summed E-state index contributed by atoms with van der Waals surface area (Å²) in [5, 5.41) is 0. The Balaban J connectivity index is 2.41. The van der Waals surface area contributed by atoms with Gasteiger partial charge < -0.3 is 0 Å². The van der Waals surface area contributed by atoms with E-state index in [0.29, 0.717) is 0 Å². The molecule has 0 saturated carbocycles. The molecule has 0 spiro atoms. The van der Waals surface area contributed by atoms with Gasteiger partial charge in [-0.25, -0.2) is 0 Å². The minimum absolute atomic E-state index is 1.16. The number of hydrogen-bond acceptors (Lipinski definition) is 2. The second-order valence-electron chi connectivity index (χ2n) is 3.63. The predicted molar refractivity (Wildman–Crippen MR) is 51.2 cm³/mol. The molecule has 0 radical (unpaired) electrons. The average molecular weight is 258 g/mol. The van der Waals surface area contributed by atoms with Crippen LogP contribution in [0.15, 0.2) is 0 Å². The van der Waals surface area contributed by atoms with E-state index in [4.69, 9.17) is 0 Å². The Morgan fingerprint density at radius 3 is 2.55 bits per heavy atom. The molecule has 0 aromatic carbocycles. The predicted octanol–water partition coefficient (Wildman–Crippen LogP) is 0.875. The van der Waals surface area contributed by atoms with Crippen LogP contribution in [0.5, 0.6) is 0 Å². The summed E-state index contributed by atoms with van der Waals surface area (Å²) in [5.74, 6) is 0. The van der Waals surface area contributed by atoms with E-state index in [-0.39, 0.29) is 0 Å². The molecule has 64 valence electrons. The van der Waals surface area contributed by atoms with Crippen molar-refractivity contribution >= 4 is 21.7 Å². The molecule has 0 amide bonds. The van der Waals surface area contributed by atoms with Gasteiger partial charge in [-0.15, -0.1) is 0 Å². The van der Waals surface area contributed by atoms with E-state index in [1.165, 1.54) is 23.8 Å². The van der Waals surface area contributed by atoms with Crippen molar-refractivity contribution in [2.24, 2.45) is 0 Å². The SMILES string of the molecule is C[CH2][In]1[CH2]CN(C)CC[N]1C. The van der Waals surface area contributed by atoms with Gasteiger partial charge in [0.1, 0.15) is 0 Å². The van der Waals surface area contributed by atoms with Crippen molar-refractivity contribution in [2.45, 2.75) is 15.3 Å². The van der Waals surface area contributed by atoms with Crippen molar-refractivity contribution in [3.63, 3.8) is 0 Å². The molecule has 1 fully saturated rings. The van der Waals surface area contributed by atoms with Crippen LogP contribution < -0.4 is 0 Å². The Labute approximate surface area is 78.5 Å². The average Bonchev–Trinajstić information content (AvgIpc) is 2.15. The van der Waals surface area contributed by atoms with Crippen LogP contribution in [-0.2, 0) is 0 Å². The van der Waals surface area contributed by atoms with E-state index in [2.05, 4.69) is 28.8 Å². The topological polar surface area (TPSA) is 6.48 Å².